The van der Waals surface area contributed by atoms with Crippen LogP contribution in [0.25, 0.3) is 0 Å². The van der Waals surface area contributed by atoms with E-state index in [9.17, 15) is 4.79 Å². The van der Waals surface area contributed by atoms with Gasteiger partial charge in [-0.3, -0.25) is 0 Å². The zero-order chi connectivity index (χ0) is 12.0. The minimum absolute atomic E-state index is 0.548. The maximum atomic E-state index is 11.3. The number of carbonyl (C=O) groups excluding carboxylic acids is 1. The van der Waals surface area contributed by atoms with E-state index < -0.39 is 10.8 Å². The first kappa shape index (κ1) is 13.3. The number of hydrogen-bond acceptors (Lipinski definition) is 2. The van der Waals surface area contributed by atoms with Crippen LogP contribution in [-0.2, 0) is 11.2 Å². The van der Waals surface area contributed by atoms with E-state index in [0.717, 1.165) is 24.8 Å². The van der Waals surface area contributed by atoms with Gasteiger partial charge in [-0.2, -0.15) is 0 Å². The summed E-state index contributed by atoms with van der Waals surface area (Å²) in [5.41, 5.74) is 1.01. The average Bonchev–Trinajstić information content (AvgIpc) is 2.27. The number of ether oxygens (including phenoxy) is 1. The molecule has 0 radical (unpaired) electrons. The molecule has 88 valence electrons. The van der Waals surface area contributed by atoms with Gasteiger partial charge in [-0.05, 0) is 24.5 Å². The summed E-state index contributed by atoms with van der Waals surface area (Å²) < 4.78 is 5.10. The molecule has 0 saturated heterocycles. The highest BCUT2D eigenvalue weighted by molar-refractivity contribution is 6.53. The smallest absolute Gasteiger partial charge is 0.344 e. The number of rotatable bonds is 5. The second kappa shape index (κ2) is 6.77. The van der Waals surface area contributed by atoms with Crippen molar-refractivity contribution in [1.29, 1.82) is 0 Å². The molecule has 1 aromatic carbocycles. The van der Waals surface area contributed by atoms with Crippen LogP contribution in [0.5, 0.6) is 5.75 Å². The lowest BCUT2D eigenvalue weighted by molar-refractivity contribution is -0.132. The van der Waals surface area contributed by atoms with Crippen LogP contribution in [0, 0.1) is 0 Å². The van der Waals surface area contributed by atoms with E-state index >= 15 is 0 Å². The summed E-state index contributed by atoms with van der Waals surface area (Å²) in [7, 11) is 0. The van der Waals surface area contributed by atoms with Gasteiger partial charge in [0.2, 0.25) is 4.84 Å². The van der Waals surface area contributed by atoms with Crippen molar-refractivity contribution in [1.82, 2.24) is 0 Å². The fraction of sp³-hybridized carbons (Fsp3) is 0.417. The number of alkyl halides is 2. The molecule has 0 saturated carbocycles. The Morgan fingerprint density at radius 3 is 2.69 bits per heavy atom. The fourth-order valence-corrected chi connectivity index (χ4v) is 1.42. The molecule has 0 fully saturated rings. The number of carbonyl (C=O) groups is 1. The molecule has 0 unspecified atom stereocenters. The van der Waals surface area contributed by atoms with Gasteiger partial charge in [0.25, 0.3) is 0 Å². The van der Waals surface area contributed by atoms with Gasteiger partial charge < -0.3 is 4.74 Å². The van der Waals surface area contributed by atoms with Crippen molar-refractivity contribution in [3.8, 4) is 5.75 Å². The van der Waals surface area contributed by atoms with Crippen LogP contribution < -0.4 is 4.74 Å². The third kappa shape index (κ3) is 4.03. The van der Waals surface area contributed by atoms with E-state index in [-0.39, 0.29) is 0 Å². The van der Waals surface area contributed by atoms with Crippen molar-refractivity contribution in [2.45, 2.75) is 31.0 Å². The van der Waals surface area contributed by atoms with Crippen LogP contribution in [0.2, 0.25) is 0 Å². The minimum Gasteiger partial charge on any atom is -0.424 e. The van der Waals surface area contributed by atoms with Crippen LogP contribution in [0.1, 0.15) is 25.3 Å². The first-order chi connectivity index (χ1) is 7.65. The van der Waals surface area contributed by atoms with E-state index in [4.69, 9.17) is 27.9 Å². The monoisotopic (exact) mass is 260 g/mol. The molecule has 0 heterocycles. The van der Waals surface area contributed by atoms with Crippen LogP contribution in [-0.4, -0.2) is 10.8 Å². The van der Waals surface area contributed by atoms with Crippen molar-refractivity contribution in [3.05, 3.63) is 29.8 Å². The molecule has 0 bridgehead atoms. The summed E-state index contributed by atoms with van der Waals surface area (Å²) in [4.78, 5) is 10.1. The maximum Gasteiger partial charge on any atom is 0.344 e. The lowest BCUT2D eigenvalue weighted by Gasteiger charge is -2.09. The first-order valence-corrected chi connectivity index (χ1v) is 6.10. The molecule has 0 aliphatic carbocycles. The Morgan fingerprint density at radius 2 is 2.06 bits per heavy atom. The quantitative estimate of drug-likeness (QED) is 0.458. The molecule has 1 rings (SSSR count). The van der Waals surface area contributed by atoms with Crippen molar-refractivity contribution in [3.63, 3.8) is 0 Å². The second-order valence-electron chi connectivity index (χ2n) is 3.43. The van der Waals surface area contributed by atoms with Crippen molar-refractivity contribution < 1.29 is 9.53 Å². The molecule has 0 atom stereocenters. The number of esters is 1. The average molecular weight is 261 g/mol. The van der Waals surface area contributed by atoms with Crippen molar-refractivity contribution in [2.24, 2.45) is 0 Å². The van der Waals surface area contributed by atoms with E-state index in [1.807, 2.05) is 18.2 Å². The lowest BCUT2D eigenvalue weighted by Crippen LogP contribution is -2.16. The molecule has 0 aliphatic heterocycles. The summed E-state index contributed by atoms with van der Waals surface area (Å²) >= 11 is 10.9. The third-order valence-electron chi connectivity index (χ3n) is 2.16. The molecule has 1 aromatic rings. The summed E-state index contributed by atoms with van der Waals surface area (Å²) in [6.07, 6.45) is 3.03. The molecule has 4 heteroatoms. The topological polar surface area (TPSA) is 26.3 Å². The van der Waals surface area contributed by atoms with E-state index in [1.165, 1.54) is 0 Å². The second-order valence-corrected chi connectivity index (χ2v) is 4.53. The van der Waals surface area contributed by atoms with Gasteiger partial charge in [0.1, 0.15) is 5.75 Å². The molecule has 0 amide bonds. The highest BCUT2D eigenvalue weighted by Crippen LogP contribution is 2.21. The first-order valence-electron chi connectivity index (χ1n) is 5.23. The summed E-state index contributed by atoms with van der Waals surface area (Å²) in [6, 6.07) is 7.42. The number of para-hydroxylation sites is 1. The molecule has 0 N–H and O–H groups in total. The summed E-state index contributed by atoms with van der Waals surface area (Å²) in [5.74, 6) is -0.0838. The SMILES string of the molecule is CCCCc1ccccc1OC(=O)C(Cl)Cl. The van der Waals surface area contributed by atoms with E-state index in [2.05, 4.69) is 6.92 Å². The van der Waals surface area contributed by atoms with Gasteiger partial charge in [-0.15, -0.1) is 0 Å². The molecular weight excluding hydrogens is 247 g/mol. The van der Waals surface area contributed by atoms with Crippen LogP contribution >= 0.6 is 23.2 Å². The Hall–Kier alpha value is -0.730. The number of unbranched alkanes of at least 4 members (excludes halogenated alkanes) is 1. The highest BCUT2D eigenvalue weighted by Gasteiger charge is 2.15. The molecule has 0 aromatic heterocycles. The van der Waals surface area contributed by atoms with E-state index in [1.54, 1.807) is 6.07 Å². The highest BCUT2D eigenvalue weighted by atomic mass is 35.5. The van der Waals surface area contributed by atoms with Crippen molar-refractivity contribution in [2.75, 3.05) is 0 Å². The maximum absolute atomic E-state index is 11.3. The van der Waals surface area contributed by atoms with Gasteiger partial charge in [0, 0.05) is 0 Å². The third-order valence-corrected chi connectivity index (χ3v) is 2.52. The predicted molar refractivity (Wildman–Crippen MR) is 66.2 cm³/mol. The van der Waals surface area contributed by atoms with Crippen LogP contribution in [0.4, 0.5) is 0 Å². The summed E-state index contributed by atoms with van der Waals surface area (Å²) in [6.45, 7) is 2.11. The molecule has 16 heavy (non-hydrogen) atoms. The molecule has 0 aliphatic rings. The Bertz CT molecular complexity index is 351. The predicted octanol–water partition coefficient (Wildman–Crippen LogP) is 3.74. The van der Waals surface area contributed by atoms with Crippen molar-refractivity contribution >= 4 is 29.2 Å². The van der Waals surface area contributed by atoms with Crippen LogP contribution in [0.15, 0.2) is 24.3 Å². The van der Waals surface area contributed by atoms with Gasteiger partial charge in [-0.1, -0.05) is 54.7 Å². The Labute approximate surface area is 106 Å². The van der Waals surface area contributed by atoms with Gasteiger partial charge in [0.15, 0.2) is 0 Å². The Kier molecular flexibility index (Phi) is 5.64. The van der Waals surface area contributed by atoms with Gasteiger partial charge >= 0.3 is 5.97 Å². The zero-order valence-electron chi connectivity index (χ0n) is 9.08. The van der Waals surface area contributed by atoms with Crippen LogP contribution in [0.3, 0.4) is 0 Å². The standard InChI is InChI=1S/C12H14Cl2O2/c1-2-3-6-9-7-4-5-8-10(9)16-12(15)11(13)14/h4-5,7-8,11H,2-3,6H2,1H3. The largest absolute Gasteiger partial charge is 0.424 e. The van der Waals surface area contributed by atoms with Gasteiger partial charge in [-0.25, -0.2) is 4.79 Å². The number of halogens is 2. The lowest BCUT2D eigenvalue weighted by atomic mass is 10.1. The number of benzene rings is 1. The Morgan fingerprint density at radius 1 is 1.38 bits per heavy atom. The van der Waals surface area contributed by atoms with Gasteiger partial charge in [0.05, 0.1) is 0 Å². The Balaban J connectivity index is 2.74. The molecule has 2 nitrogen and oxygen atoms in total. The van der Waals surface area contributed by atoms with E-state index in [0.29, 0.717) is 5.75 Å². The molecular formula is C12H14Cl2O2. The zero-order valence-corrected chi connectivity index (χ0v) is 10.6. The number of hydrogen-bond donors (Lipinski definition) is 0. The fourth-order valence-electron chi connectivity index (χ4n) is 1.33. The molecule has 0 spiro atoms. The normalized spacial score (nSPS) is 10.5. The summed E-state index contributed by atoms with van der Waals surface area (Å²) in [5, 5.41) is 0. The number of aryl methyl sites for hydroxylation is 1. The minimum atomic E-state index is -1.14.